The molecule has 4 rings (SSSR count). The van der Waals surface area contributed by atoms with Gasteiger partial charge in [-0.3, -0.25) is 9.78 Å². The Balaban J connectivity index is 1.49. The standard InChI is InChI=1S/C24H24ClN3O4S/c25-23-11-10-21(33(30,31)28-13-4-1-5-14-28)16-22(23)24(29)27-18-8-6-9-20(15-18)32-17-19-7-2-3-12-26-19/h2-3,6-12,15-16H,1,4-5,13-14,17H2,(H,27,29). The first kappa shape index (κ1) is 23.2. The van der Waals surface area contributed by atoms with Crippen molar-refractivity contribution in [3.05, 3.63) is 83.1 Å². The van der Waals surface area contributed by atoms with Gasteiger partial charge in [0.2, 0.25) is 10.0 Å². The van der Waals surface area contributed by atoms with Gasteiger partial charge < -0.3 is 10.1 Å². The van der Waals surface area contributed by atoms with E-state index >= 15 is 0 Å². The number of piperidine rings is 1. The summed E-state index contributed by atoms with van der Waals surface area (Å²) >= 11 is 6.24. The number of ether oxygens (including phenoxy) is 1. The van der Waals surface area contributed by atoms with E-state index in [2.05, 4.69) is 10.3 Å². The molecule has 3 aromatic rings. The first-order valence-electron chi connectivity index (χ1n) is 10.7. The molecule has 0 aliphatic carbocycles. The number of rotatable bonds is 7. The Hall–Kier alpha value is -2.94. The number of anilines is 1. The van der Waals surface area contributed by atoms with E-state index < -0.39 is 15.9 Å². The molecule has 1 N–H and O–H groups in total. The average Bonchev–Trinajstić information content (AvgIpc) is 2.84. The molecular formula is C24H24ClN3O4S. The highest BCUT2D eigenvalue weighted by Gasteiger charge is 2.27. The lowest BCUT2D eigenvalue weighted by Gasteiger charge is -2.26. The summed E-state index contributed by atoms with van der Waals surface area (Å²) in [4.78, 5) is 17.2. The van der Waals surface area contributed by atoms with Gasteiger partial charge in [0, 0.05) is 31.0 Å². The molecule has 0 unspecified atom stereocenters. The van der Waals surface area contributed by atoms with Crippen molar-refractivity contribution in [3.8, 4) is 5.75 Å². The quantitative estimate of drug-likeness (QED) is 0.522. The van der Waals surface area contributed by atoms with Crippen LogP contribution < -0.4 is 10.1 Å². The number of carbonyl (C=O) groups is 1. The van der Waals surface area contributed by atoms with Crippen molar-refractivity contribution in [1.82, 2.24) is 9.29 Å². The van der Waals surface area contributed by atoms with Crippen LogP contribution in [0.15, 0.2) is 71.8 Å². The molecule has 172 valence electrons. The molecule has 2 heterocycles. The Morgan fingerprint density at radius 1 is 1.03 bits per heavy atom. The number of aromatic nitrogens is 1. The van der Waals surface area contributed by atoms with Gasteiger partial charge in [0.25, 0.3) is 5.91 Å². The summed E-state index contributed by atoms with van der Waals surface area (Å²) in [5.74, 6) is 0.0588. The Morgan fingerprint density at radius 2 is 1.85 bits per heavy atom. The topological polar surface area (TPSA) is 88.6 Å². The molecular weight excluding hydrogens is 462 g/mol. The van der Waals surface area contributed by atoms with Gasteiger partial charge in [-0.05, 0) is 55.3 Å². The lowest BCUT2D eigenvalue weighted by atomic mass is 10.2. The second-order valence-corrected chi connectivity index (χ2v) is 10.0. The summed E-state index contributed by atoms with van der Waals surface area (Å²) < 4.78 is 33.2. The molecule has 0 bridgehead atoms. The van der Waals surface area contributed by atoms with Crippen LogP contribution in [0, 0.1) is 0 Å². The molecule has 0 saturated carbocycles. The van der Waals surface area contributed by atoms with Gasteiger partial charge in [0.15, 0.2) is 0 Å². The van der Waals surface area contributed by atoms with Gasteiger partial charge in [-0.15, -0.1) is 0 Å². The Labute approximate surface area is 198 Å². The van der Waals surface area contributed by atoms with E-state index in [1.807, 2.05) is 18.2 Å². The minimum Gasteiger partial charge on any atom is -0.487 e. The highest BCUT2D eigenvalue weighted by Crippen LogP contribution is 2.26. The van der Waals surface area contributed by atoms with Gasteiger partial charge in [0.05, 0.1) is 21.2 Å². The fourth-order valence-corrected chi connectivity index (χ4v) is 5.34. The van der Waals surface area contributed by atoms with Crippen molar-refractivity contribution < 1.29 is 17.9 Å². The Morgan fingerprint density at radius 3 is 2.61 bits per heavy atom. The maximum absolute atomic E-state index is 13.0. The third kappa shape index (κ3) is 5.71. The van der Waals surface area contributed by atoms with Crippen molar-refractivity contribution >= 4 is 33.2 Å². The predicted molar refractivity (Wildman–Crippen MR) is 127 cm³/mol. The molecule has 1 saturated heterocycles. The zero-order chi connectivity index (χ0) is 23.3. The molecule has 33 heavy (non-hydrogen) atoms. The Kier molecular flexibility index (Phi) is 7.27. The maximum atomic E-state index is 13.0. The van der Waals surface area contributed by atoms with Crippen LogP contribution in [0.3, 0.4) is 0 Å². The van der Waals surface area contributed by atoms with E-state index in [1.54, 1.807) is 30.5 Å². The van der Waals surface area contributed by atoms with Crippen molar-refractivity contribution in [1.29, 1.82) is 0 Å². The second kappa shape index (κ2) is 10.3. The molecule has 7 nitrogen and oxygen atoms in total. The van der Waals surface area contributed by atoms with Crippen LogP contribution in [0.25, 0.3) is 0 Å². The van der Waals surface area contributed by atoms with Gasteiger partial charge in [0.1, 0.15) is 12.4 Å². The fourth-order valence-electron chi connectivity index (χ4n) is 3.60. The summed E-state index contributed by atoms with van der Waals surface area (Å²) in [6, 6.07) is 16.7. The van der Waals surface area contributed by atoms with Crippen LogP contribution in [0.2, 0.25) is 5.02 Å². The van der Waals surface area contributed by atoms with Crippen LogP contribution in [-0.2, 0) is 16.6 Å². The largest absolute Gasteiger partial charge is 0.487 e. The van der Waals surface area contributed by atoms with Crippen LogP contribution in [-0.4, -0.2) is 36.7 Å². The van der Waals surface area contributed by atoms with Crippen molar-refractivity contribution in [2.75, 3.05) is 18.4 Å². The zero-order valence-electron chi connectivity index (χ0n) is 17.9. The third-order valence-electron chi connectivity index (χ3n) is 5.34. The number of benzene rings is 2. The number of halogens is 1. The van der Waals surface area contributed by atoms with Gasteiger partial charge in [-0.2, -0.15) is 4.31 Å². The van der Waals surface area contributed by atoms with E-state index in [1.165, 1.54) is 22.5 Å². The number of nitrogens with zero attached hydrogens (tertiary/aromatic N) is 2. The molecule has 1 aromatic heterocycles. The lowest BCUT2D eigenvalue weighted by molar-refractivity contribution is 0.102. The molecule has 0 spiro atoms. The number of hydrogen-bond donors (Lipinski definition) is 1. The lowest BCUT2D eigenvalue weighted by Crippen LogP contribution is -2.35. The van der Waals surface area contributed by atoms with Crippen LogP contribution in [0.4, 0.5) is 5.69 Å². The van der Waals surface area contributed by atoms with Gasteiger partial charge in [-0.25, -0.2) is 8.42 Å². The highest BCUT2D eigenvalue weighted by atomic mass is 35.5. The van der Waals surface area contributed by atoms with Gasteiger partial charge in [-0.1, -0.05) is 30.2 Å². The molecule has 1 aliphatic heterocycles. The molecule has 0 radical (unpaired) electrons. The minimum atomic E-state index is -3.68. The smallest absolute Gasteiger partial charge is 0.257 e. The molecule has 1 amide bonds. The number of sulfonamides is 1. The van der Waals surface area contributed by atoms with E-state index in [0.717, 1.165) is 25.0 Å². The number of nitrogens with one attached hydrogen (secondary N) is 1. The first-order chi connectivity index (χ1) is 15.9. The number of amides is 1. The van der Waals surface area contributed by atoms with Crippen molar-refractivity contribution in [2.45, 2.75) is 30.8 Å². The summed E-state index contributed by atoms with van der Waals surface area (Å²) in [6.07, 6.45) is 4.38. The molecule has 1 fully saturated rings. The fraction of sp³-hybridized carbons (Fsp3) is 0.250. The van der Waals surface area contributed by atoms with Crippen molar-refractivity contribution in [2.24, 2.45) is 0 Å². The van der Waals surface area contributed by atoms with E-state index in [9.17, 15) is 13.2 Å². The van der Waals surface area contributed by atoms with Gasteiger partial charge >= 0.3 is 0 Å². The van der Waals surface area contributed by atoms with Crippen LogP contribution in [0.5, 0.6) is 5.75 Å². The van der Waals surface area contributed by atoms with Crippen molar-refractivity contribution in [3.63, 3.8) is 0 Å². The minimum absolute atomic E-state index is 0.0615. The Bertz CT molecular complexity index is 1230. The summed E-state index contributed by atoms with van der Waals surface area (Å²) in [7, 11) is -3.68. The van der Waals surface area contributed by atoms with E-state index in [0.29, 0.717) is 31.1 Å². The SMILES string of the molecule is O=C(Nc1cccc(OCc2ccccn2)c1)c1cc(S(=O)(=O)N2CCCCC2)ccc1Cl. The normalized spacial score (nSPS) is 14.6. The number of carbonyl (C=O) groups excluding carboxylic acids is 1. The van der Waals surface area contributed by atoms with E-state index in [4.69, 9.17) is 16.3 Å². The summed E-state index contributed by atoms with van der Waals surface area (Å²) in [5.41, 5.74) is 1.37. The summed E-state index contributed by atoms with van der Waals surface area (Å²) in [5, 5.41) is 2.94. The number of hydrogen-bond acceptors (Lipinski definition) is 5. The maximum Gasteiger partial charge on any atom is 0.257 e. The van der Waals surface area contributed by atoms with Crippen LogP contribution in [0.1, 0.15) is 35.3 Å². The second-order valence-electron chi connectivity index (χ2n) is 7.70. The first-order valence-corrected chi connectivity index (χ1v) is 12.5. The van der Waals surface area contributed by atoms with E-state index in [-0.39, 0.29) is 15.5 Å². The molecule has 0 atom stereocenters. The number of pyridine rings is 1. The third-order valence-corrected chi connectivity index (χ3v) is 7.56. The summed E-state index contributed by atoms with van der Waals surface area (Å²) in [6.45, 7) is 1.26. The zero-order valence-corrected chi connectivity index (χ0v) is 19.5. The molecule has 2 aromatic carbocycles. The molecule has 9 heteroatoms. The average molecular weight is 486 g/mol. The monoisotopic (exact) mass is 485 g/mol. The highest BCUT2D eigenvalue weighted by molar-refractivity contribution is 7.89. The van der Waals surface area contributed by atoms with Crippen LogP contribution >= 0.6 is 11.6 Å². The predicted octanol–water partition coefficient (Wildman–Crippen LogP) is 4.74. The molecule has 1 aliphatic rings.